The third-order valence-corrected chi connectivity index (χ3v) is 2.15. The van der Waals surface area contributed by atoms with Crippen molar-refractivity contribution in [1.29, 1.82) is 10.5 Å². The maximum absolute atomic E-state index is 11.3. The first-order valence-corrected chi connectivity index (χ1v) is 4.86. The molecule has 1 aromatic rings. The number of carboxylic acid groups (broad SMARTS) is 1. The highest BCUT2D eigenvalue weighted by Crippen LogP contribution is 2.05. The van der Waals surface area contributed by atoms with E-state index in [4.69, 9.17) is 15.6 Å². The molecule has 0 fully saturated rings. The number of hydrogen-bond donors (Lipinski definition) is 2. The molecule has 0 aliphatic carbocycles. The minimum Gasteiger partial charge on any atom is -0.480 e. The van der Waals surface area contributed by atoms with E-state index in [2.05, 4.69) is 5.10 Å². The van der Waals surface area contributed by atoms with E-state index in [1.54, 1.807) is 0 Å². The first kappa shape index (κ1) is 12.5. The van der Waals surface area contributed by atoms with E-state index < -0.39 is 24.0 Å². The number of carboxylic acids is 1. The predicted molar refractivity (Wildman–Crippen MR) is 55.7 cm³/mol. The molecule has 2 N–H and O–H groups in total. The van der Waals surface area contributed by atoms with Crippen LogP contribution < -0.4 is 5.56 Å². The van der Waals surface area contributed by atoms with Crippen LogP contribution >= 0.6 is 0 Å². The van der Waals surface area contributed by atoms with Gasteiger partial charge in [0.2, 0.25) is 0 Å². The van der Waals surface area contributed by atoms with Crippen molar-refractivity contribution in [3.63, 3.8) is 0 Å². The molecule has 1 heterocycles. The summed E-state index contributed by atoms with van der Waals surface area (Å²) in [6.07, 6.45) is 0.660. The topological polar surface area (TPSA) is 123 Å². The van der Waals surface area contributed by atoms with Crippen molar-refractivity contribution >= 4 is 5.97 Å². The van der Waals surface area contributed by atoms with Crippen molar-refractivity contribution in [1.82, 2.24) is 9.78 Å². The number of carbonyl (C=O) groups is 1. The molecule has 0 aliphatic heterocycles. The summed E-state index contributed by atoms with van der Waals surface area (Å²) in [7, 11) is 0. The third kappa shape index (κ3) is 3.50. The van der Waals surface area contributed by atoms with Gasteiger partial charge in [-0.1, -0.05) is 0 Å². The second-order valence-corrected chi connectivity index (χ2v) is 3.45. The van der Waals surface area contributed by atoms with Crippen molar-refractivity contribution in [2.45, 2.75) is 19.4 Å². The van der Waals surface area contributed by atoms with Gasteiger partial charge in [0, 0.05) is 11.8 Å². The molecule has 0 radical (unpaired) electrons. The van der Waals surface area contributed by atoms with E-state index in [0.717, 1.165) is 4.68 Å². The zero-order valence-electron chi connectivity index (χ0n) is 8.88. The lowest BCUT2D eigenvalue weighted by Gasteiger charge is -1.99. The summed E-state index contributed by atoms with van der Waals surface area (Å²) in [5.41, 5.74) is 0.0830. The molecule has 1 rings (SSSR count). The van der Waals surface area contributed by atoms with Crippen molar-refractivity contribution in [3.8, 4) is 12.1 Å². The molecule has 1 aromatic heterocycles. The van der Waals surface area contributed by atoms with Gasteiger partial charge >= 0.3 is 5.97 Å². The highest BCUT2D eigenvalue weighted by molar-refractivity contribution is 5.66. The SMILES string of the molecule is N#CC(C#N)CCc1cc(=O)n(CC(=O)O)[nH]1. The standard InChI is InChI=1S/C10H10N4O3/c11-4-7(5-12)1-2-8-3-9(15)14(13-8)6-10(16)17/h3,7,13H,1-2,6H2,(H,16,17). The quantitative estimate of drug-likeness (QED) is 0.733. The summed E-state index contributed by atoms with van der Waals surface area (Å²) < 4.78 is 0.964. The van der Waals surface area contributed by atoms with Gasteiger partial charge < -0.3 is 5.11 Å². The second-order valence-electron chi connectivity index (χ2n) is 3.45. The normalized spacial score (nSPS) is 9.82. The average Bonchev–Trinajstić information content (AvgIpc) is 2.60. The van der Waals surface area contributed by atoms with Crippen LogP contribution in [0.4, 0.5) is 0 Å². The Bertz CT molecular complexity index is 529. The van der Waals surface area contributed by atoms with Crippen molar-refractivity contribution in [2.24, 2.45) is 5.92 Å². The first-order valence-electron chi connectivity index (χ1n) is 4.86. The number of aryl methyl sites for hydroxylation is 1. The molecule has 0 aliphatic rings. The van der Waals surface area contributed by atoms with Crippen molar-refractivity contribution in [2.75, 3.05) is 0 Å². The molecule has 0 bridgehead atoms. The fourth-order valence-corrected chi connectivity index (χ4v) is 1.33. The summed E-state index contributed by atoms with van der Waals surface area (Å²) in [6.45, 7) is -0.432. The fourth-order valence-electron chi connectivity index (χ4n) is 1.33. The van der Waals surface area contributed by atoms with E-state index in [9.17, 15) is 9.59 Å². The van der Waals surface area contributed by atoms with Gasteiger partial charge in [0.25, 0.3) is 5.56 Å². The largest absolute Gasteiger partial charge is 0.480 e. The van der Waals surface area contributed by atoms with Crippen LogP contribution in [0, 0.1) is 28.6 Å². The van der Waals surface area contributed by atoms with E-state index in [1.165, 1.54) is 6.07 Å². The Kier molecular flexibility index (Phi) is 4.07. The number of nitrogens with one attached hydrogen (secondary N) is 1. The Balaban J connectivity index is 2.69. The molecule has 17 heavy (non-hydrogen) atoms. The Morgan fingerprint density at radius 1 is 1.53 bits per heavy atom. The number of nitriles is 2. The number of hydrogen-bond acceptors (Lipinski definition) is 4. The van der Waals surface area contributed by atoms with E-state index in [0.29, 0.717) is 18.5 Å². The maximum atomic E-state index is 11.3. The van der Waals surface area contributed by atoms with Crippen molar-refractivity contribution < 1.29 is 9.90 Å². The molecule has 0 aromatic carbocycles. The monoisotopic (exact) mass is 234 g/mol. The van der Waals surface area contributed by atoms with E-state index in [-0.39, 0.29) is 0 Å². The minimum absolute atomic E-state index is 0.306. The molecule has 0 atom stereocenters. The fraction of sp³-hybridized carbons (Fsp3) is 0.400. The molecule has 0 spiro atoms. The van der Waals surface area contributed by atoms with Crippen LogP contribution in [0.1, 0.15) is 12.1 Å². The van der Waals surface area contributed by atoms with Crippen LogP contribution in [0.25, 0.3) is 0 Å². The summed E-state index contributed by atoms with van der Waals surface area (Å²) in [6, 6.07) is 4.92. The van der Waals surface area contributed by atoms with Gasteiger partial charge in [-0.25, -0.2) is 4.68 Å². The number of aromatic nitrogens is 2. The van der Waals surface area contributed by atoms with Crippen LogP contribution in [0.2, 0.25) is 0 Å². The van der Waals surface area contributed by atoms with Crippen LogP contribution in [-0.4, -0.2) is 20.9 Å². The number of nitrogens with zero attached hydrogens (tertiary/aromatic N) is 3. The van der Waals surface area contributed by atoms with Gasteiger partial charge in [-0.05, 0) is 12.8 Å². The molecule has 0 amide bonds. The zero-order valence-corrected chi connectivity index (χ0v) is 8.88. The van der Waals surface area contributed by atoms with Gasteiger partial charge in [0.05, 0.1) is 12.1 Å². The Morgan fingerprint density at radius 3 is 2.71 bits per heavy atom. The third-order valence-electron chi connectivity index (χ3n) is 2.15. The van der Waals surface area contributed by atoms with Crippen LogP contribution in [0.15, 0.2) is 10.9 Å². The average molecular weight is 234 g/mol. The smallest absolute Gasteiger partial charge is 0.325 e. The molecule has 88 valence electrons. The second kappa shape index (κ2) is 5.52. The summed E-state index contributed by atoms with van der Waals surface area (Å²) >= 11 is 0. The summed E-state index contributed by atoms with van der Waals surface area (Å²) in [4.78, 5) is 21.7. The molecule has 0 unspecified atom stereocenters. The predicted octanol–water partition coefficient (Wildman–Crippen LogP) is -0.143. The van der Waals surface area contributed by atoms with Crippen LogP contribution in [0.3, 0.4) is 0 Å². The number of H-pyrrole nitrogens is 1. The van der Waals surface area contributed by atoms with Gasteiger partial charge in [0.1, 0.15) is 12.5 Å². The number of aromatic amines is 1. The van der Waals surface area contributed by atoms with Gasteiger partial charge in [0.15, 0.2) is 0 Å². The lowest BCUT2D eigenvalue weighted by Crippen LogP contribution is -2.20. The lowest BCUT2D eigenvalue weighted by atomic mass is 10.1. The maximum Gasteiger partial charge on any atom is 0.325 e. The van der Waals surface area contributed by atoms with Crippen LogP contribution in [-0.2, 0) is 17.8 Å². The van der Waals surface area contributed by atoms with Crippen molar-refractivity contribution in [3.05, 3.63) is 22.1 Å². The lowest BCUT2D eigenvalue weighted by molar-refractivity contribution is -0.137. The zero-order chi connectivity index (χ0) is 12.8. The highest BCUT2D eigenvalue weighted by Gasteiger charge is 2.09. The highest BCUT2D eigenvalue weighted by atomic mass is 16.4. The number of aliphatic carboxylic acids is 1. The minimum atomic E-state index is -1.12. The van der Waals surface area contributed by atoms with E-state index in [1.807, 2.05) is 12.1 Å². The Hall–Kier alpha value is -2.54. The molecule has 7 heteroatoms. The van der Waals surface area contributed by atoms with Gasteiger partial charge in [-0.3, -0.25) is 14.7 Å². The summed E-state index contributed by atoms with van der Waals surface area (Å²) in [5, 5.41) is 28.3. The Labute approximate surface area is 96.5 Å². The Morgan fingerprint density at radius 2 is 2.18 bits per heavy atom. The molecule has 0 saturated carbocycles. The molecular formula is C10H10N4O3. The first-order chi connectivity index (χ1) is 8.06. The van der Waals surface area contributed by atoms with E-state index >= 15 is 0 Å². The van der Waals surface area contributed by atoms with Gasteiger partial charge in [-0.2, -0.15) is 10.5 Å². The van der Waals surface area contributed by atoms with Gasteiger partial charge in [-0.15, -0.1) is 0 Å². The van der Waals surface area contributed by atoms with Crippen LogP contribution in [0.5, 0.6) is 0 Å². The molecular weight excluding hydrogens is 224 g/mol. The summed E-state index contributed by atoms with van der Waals surface area (Å²) in [5.74, 6) is -1.84. The molecule has 0 saturated heterocycles. The number of rotatable bonds is 5. The molecule has 7 nitrogen and oxygen atoms in total.